The van der Waals surface area contributed by atoms with E-state index in [2.05, 4.69) is 0 Å². The zero-order valence-corrected chi connectivity index (χ0v) is 7.57. The molecule has 0 aliphatic carbocycles. The normalized spacial score (nSPS) is 10.0. The van der Waals surface area contributed by atoms with Crippen LogP contribution in [0.15, 0.2) is 33.7 Å². The molecule has 0 saturated heterocycles. The van der Waals surface area contributed by atoms with Gasteiger partial charge in [-0.15, -0.1) is 0 Å². The van der Waals surface area contributed by atoms with E-state index >= 15 is 0 Å². The molecule has 1 aromatic carbocycles. The molecule has 0 unspecified atom stereocenters. The van der Waals surface area contributed by atoms with E-state index in [4.69, 9.17) is 9.68 Å². The molecule has 2 aromatic rings. The second-order valence-electron chi connectivity index (χ2n) is 3.09. The highest BCUT2D eigenvalue weighted by atomic mass is 16.3. The lowest BCUT2D eigenvalue weighted by Crippen LogP contribution is -2.05. The Balaban J connectivity index is 2.93. The molecule has 0 spiro atoms. The number of fused-ring (bicyclic) bond motifs is 1. The Bertz CT molecular complexity index is 590. The lowest BCUT2D eigenvalue weighted by Gasteiger charge is -1.97. The van der Waals surface area contributed by atoms with Gasteiger partial charge in [0.1, 0.15) is 23.5 Å². The van der Waals surface area contributed by atoms with Crippen molar-refractivity contribution >= 4 is 11.0 Å². The molecule has 1 heterocycles. The molecule has 0 N–H and O–H groups in total. The average Bonchev–Trinajstić information content (AvgIpc) is 2.18. The fourth-order valence-corrected chi connectivity index (χ4v) is 1.31. The second kappa shape index (κ2) is 3.00. The van der Waals surface area contributed by atoms with Crippen molar-refractivity contribution in [2.45, 2.75) is 6.92 Å². The van der Waals surface area contributed by atoms with Crippen LogP contribution in [0.4, 0.5) is 0 Å². The van der Waals surface area contributed by atoms with Crippen LogP contribution in [0.5, 0.6) is 0 Å². The van der Waals surface area contributed by atoms with Crippen LogP contribution in [-0.2, 0) is 0 Å². The van der Waals surface area contributed by atoms with Crippen molar-refractivity contribution in [2.75, 3.05) is 0 Å². The van der Waals surface area contributed by atoms with Gasteiger partial charge in [-0.1, -0.05) is 6.07 Å². The minimum absolute atomic E-state index is 0.0429. The third kappa shape index (κ3) is 1.17. The van der Waals surface area contributed by atoms with Gasteiger partial charge in [0.2, 0.25) is 5.43 Å². The van der Waals surface area contributed by atoms with Crippen LogP contribution in [0, 0.1) is 18.3 Å². The summed E-state index contributed by atoms with van der Waals surface area (Å²) in [5.74, 6) is 0. The van der Waals surface area contributed by atoms with Gasteiger partial charge in [0.15, 0.2) is 0 Å². The van der Waals surface area contributed by atoms with E-state index in [-0.39, 0.29) is 11.0 Å². The van der Waals surface area contributed by atoms with Gasteiger partial charge in [-0.2, -0.15) is 5.26 Å². The van der Waals surface area contributed by atoms with Crippen molar-refractivity contribution in [3.05, 3.63) is 45.8 Å². The zero-order valence-electron chi connectivity index (χ0n) is 7.57. The van der Waals surface area contributed by atoms with Gasteiger partial charge < -0.3 is 4.42 Å². The molecule has 3 nitrogen and oxygen atoms in total. The van der Waals surface area contributed by atoms with E-state index in [9.17, 15) is 4.79 Å². The number of rotatable bonds is 0. The number of benzene rings is 1. The number of nitrogens with zero attached hydrogens (tertiary/aromatic N) is 1. The zero-order chi connectivity index (χ0) is 10.1. The van der Waals surface area contributed by atoms with Crippen LogP contribution in [0.3, 0.4) is 0 Å². The molecule has 3 heteroatoms. The average molecular weight is 185 g/mol. The summed E-state index contributed by atoms with van der Waals surface area (Å²) in [4.78, 5) is 11.6. The highest BCUT2D eigenvalue weighted by Crippen LogP contribution is 2.12. The van der Waals surface area contributed by atoms with Gasteiger partial charge >= 0.3 is 0 Å². The van der Waals surface area contributed by atoms with E-state index in [1.807, 2.05) is 13.0 Å². The Morgan fingerprint density at radius 3 is 2.93 bits per heavy atom. The minimum atomic E-state index is -0.270. The van der Waals surface area contributed by atoms with Crippen molar-refractivity contribution in [3.63, 3.8) is 0 Å². The number of aryl methyl sites for hydroxylation is 1. The van der Waals surface area contributed by atoms with E-state index in [0.717, 1.165) is 5.56 Å². The summed E-state index contributed by atoms with van der Waals surface area (Å²) in [6, 6.07) is 7.07. The number of nitriles is 1. The predicted molar refractivity (Wildman–Crippen MR) is 51.9 cm³/mol. The summed E-state index contributed by atoms with van der Waals surface area (Å²) < 4.78 is 5.17. The van der Waals surface area contributed by atoms with Crippen molar-refractivity contribution in [1.29, 1.82) is 5.26 Å². The van der Waals surface area contributed by atoms with Crippen molar-refractivity contribution < 1.29 is 4.42 Å². The molecule has 0 bridgehead atoms. The molecular formula is C11H7NO2. The summed E-state index contributed by atoms with van der Waals surface area (Å²) in [5.41, 5.74) is 1.31. The predicted octanol–water partition coefficient (Wildman–Crippen LogP) is 1.97. The molecule has 0 aliphatic heterocycles. The van der Waals surface area contributed by atoms with Crippen LogP contribution in [0.1, 0.15) is 11.1 Å². The molecule has 0 radical (unpaired) electrons. The maximum absolute atomic E-state index is 11.6. The Hall–Kier alpha value is -2.08. The lowest BCUT2D eigenvalue weighted by atomic mass is 10.1. The minimum Gasteiger partial charge on any atom is -0.463 e. The first-order valence-electron chi connectivity index (χ1n) is 4.14. The van der Waals surface area contributed by atoms with E-state index in [1.54, 1.807) is 18.2 Å². The van der Waals surface area contributed by atoms with Crippen molar-refractivity contribution in [2.24, 2.45) is 0 Å². The Labute approximate surface area is 80.2 Å². The van der Waals surface area contributed by atoms with Crippen LogP contribution < -0.4 is 5.43 Å². The largest absolute Gasteiger partial charge is 0.463 e. The molecule has 0 atom stereocenters. The van der Waals surface area contributed by atoms with Crippen LogP contribution in [0.25, 0.3) is 11.0 Å². The fourth-order valence-electron chi connectivity index (χ4n) is 1.31. The van der Waals surface area contributed by atoms with Gasteiger partial charge in [-0.3, -0.25) is 4.79 Å². The molecule has 2 rings (SSSR count). The maximum atomic E-state index is 11.6. The Morgan fingerprint density at radius 1 is 1.43 bits per heavy atom. The van der Waals surface area contributed by atoms with E-state index in [0.29, 0.717) is 11.0 Å². The van der Waals surface area contributed by atoms with E-state index in [1.165, 1.54) is 6.26 Å². The summed E-state index contributed by atoms with van der Waals surface area (Å²) in [7, 11) is 0. The second-order valence-corrected chi connectivity index (χ2v) is 3.09. The first kappa shape index (κ1) is 8.52. The van der Waals surface area contributed by atoms with Gasteiger partial charge in [-0.05, 0) is 24.6 Å². The van der Waals surface area contributed by atoms with Crippen molar-refractivity contribution in [1.82, 2.24) is 0 Å². The van der Waals surface area contributed by atoms with Gasteiger partial charge in [-0.25, -0.2) is 0 Å². The summed E-state index contributed by atoms with van der Waals surface area (Å²) in [6.07, 6.45) is 1.20. The van der Waals surface area contributed by atoms with Crippen LogP contribution >= 0.6 is 0 Å². The molecular weight excluding hydrogens is 178 g/mol. The van der Waals surface area contributed by atoms with Crippen LogP contribution in [-0.4, -0.2) is 0 Å². The monoisotopic (exact) mass is 185 g/mol. The molecule has 0 aliphatic rings. The summed E-state index contributed by atoms with van der Waals surface area (Å²) in [5, 5.41) is 9.08. The summed E-state index contributed by atoms with van der Waals surface area (Å²) in [6.45, 7) is 1.91. The third-order valence-electron chi connectivity index (χ3n) is 2.05. The third-order valence-corrected chi connectivity index (χ3v) is 2.05. The van der Waals surface area contributed by atoms with Gasteiger partial charge in [0, 0.05) is 0 Å². The Morgan fingerprint density at radius 2 is 2.21 bits per heavy atom. The smallest absolute Gasteiger partial charge is 0.210 e. The standard InChI is InChI=1S/C11H7NO2/c1-7-2-3-9-10(4-7)14-6-8(5-12)11(9)13/h2-4,6H,1H3. The molecule has 0 fully saturated rings. The molecule has 0 saturated carbocycles. The first-order valence-corrected chi connectivity index (χ1v) is 4.14. The molecule has 68 valence electrons. The topological polar surface area (TPSA) is 54.0 Å². The molecule has 1 aromatic heterocycles. The number of hydrogen-bond donors (Lipinski definition) is 0. The molecule has 14 heavy (non-hydrogen) atoms. The molecule has 0 amide bonds. The number of hydrogen-bond acceptors (Lipinski definition) is 3. The fraction of sp³-hybridized carbons (Fsp3) is 0.0909. The lowest BCUT2D eigenvalue weighted by molar-refractivity contribution is 0.600. The highest BCUT2D eigenvalue weighted by molar-refractivity contribution is 5.78. The van der Waals surface area contributed by atoms with Gasteiger partial charge in [0.25, 0.3) is 0 Å². The quantitative estimate of drug-likeness (QED) is 0.630. The Kier molecular flexibility index (Phi) is 1.83. The van der Waals surface area contributed by atoms with E-state index < -0.39 is 0 Å². The van der Waals surface area contributed by atoms with Crippen molar-refractivity contribution in [3.8, 4) is 6.07 Å². The summed E-state index contributed by atoms with van der Waals surface area (Å²) >= 11 is 0. The SMILES string of the molecule is Cc1ccc2c(=O)c(C#N)coc2c1. The highest BCUT2D eigenvalue weighted by Gasteiger charge is 2.05. The maximum Gasteiger partial charge on any atom is 0.210 e. The van der Waals surface area contributed by atoms with Gasteiger partial charge in [0.05, 0.1) is 5.39 Å². The van der Waals surface area contributed by atoms with Crippen LogP contribution in [0.2, 0.25) is 0 Å². The first-order chi connectivity index (χ1) is 6.72.